The van der Waals surface area contributed by atoms with Gasteiger partial charge in [0.1, 0.15) is 0 Å². The number of hydrogen-bond acceptors (Lipinski definition) is 3. The Bertz CT molecular complexity index is 342. The fraction of sp³-hybridized carbons (Fsp3) is 0.400. The molecule has 1 radical (unpaired) electrons. The third-order valence-corrected chi connectivity index (χ3v) is 2.34. The molecule has 1 unspecified atom stereocenters. The molecule has 0 aromatic heterocycles. The molecule has 0 amide bonds. The minimum Gasteiger partial charge on any atom is -0.493 e. The molecule has 0 aliphatic rings. The van der Waals surface area contributed by atoms with Crippen LogP contribution >= 0.6 is 27.5 Å². The Labute approximate surface area is 102 Å². The number of benzene rings is 1. The van der Waals surface area contributed by atoms with E-state index in [9.17, 15) is 0 Å². The van der Waals surface area contributed by atoms with E-state index < -0.39 is 5.56 Å². The lowest BCUT2D eigenvalue weighted by atomic mass is 10.3. The molecule has 1 aromatic carbocycles. The molecule has 0 N–H and O–H groups in total. The number of methoxy groups -OCH3 is 2. The molecule has 0 spiro atoms. The Balaban J connectivity index is 3.21. The standard InChI is InChI=1S/C10H11BrClO3/c1-6(12)15-10-8(13-2)5-4-7(11)9(10)14-3/h5-6H,1-3H3. The van der Waals surface area contributed by atoms with Crippen molar-refractivity contribution in [1.29, 1.82) is 0 Å². The Kier molecular flexibility index (Phi) is 4.54. The van der Waals surface area contributed by atoms with Crippen molar-refractivity contribution in [2.75, 3.05) is 14.2 Å². The SMILES string of the molecule is COc1c[c]c(Br)c(OC)c1OC(C)Cl. The van der Waals surface area contributed by atoms with Gasteiger partial charge in [0.25, 0.3) is 0 Å². The zero-order valence-corrected chi connectivity index (χ0v) is 11.0. The Morgan fingerprint density at radius 2 is 2.00 bits per heavy atom. The molecule has 15 heavy (non-hydrogen) atoms. The zero-order chi connectivity index (χ0) is 11.4. The van der Waals surface area contributed by atoms with Crippen molar-refractivity contribution >= 4 is 27.5 Å². The van der Waals surface area contributed by atoms with E-state index in [0.29, 0.717) is 21.7 Å². The maximum absolute atomic E-state index is 5.76. The van der Waals surface area contributed by atoms with Crippen LogP contribution in [0.5, 0.6) is 17.2 Å². The summed E-state index contributed by atoms with van der Waals surface area (Å²) in [6.07, 6.45) is 0. The highest BCUT2D eigenvalue weighted by atomic mass is 79.9. The molecular formula is C10H11BrClO3. The molecule has 5 heteroatoms. The second-order valence-electron chi connectivity index (χ2n) is 2.69. The summed E-state index contributed by atoms with van der Waals surface area (Å²) in [7, 11) is 3.08. The minimum absolute atomic E-state index is 0.466. The second-order valence-corrected chi connectivity index (χ2v) is 4.10. The first kappa shape index (κ1) is 12.5. The molecule has 83 valence electrons. The van der Waals surface area contributed by atoms with E-state index in [-0.39, 0.29) is 0 Å². The van der Waals surface area contributed by atoms with Gasteiger partial charge in [0, 0.05) is 6.07 Å². The quantitative estimate of drug-likeness (QED) is 0.798. The first-order valence-corrected chi connectivity index (χ1v) is 5.46. The number of hydrogen-bond donors (Lipinski definition) is 0. The van der Waals surface area contributed by atoms with Gasteiger partial charge in [-0.3, -0.25) is 0 Å². The van der Waals surface area contributed by atoms with Crippen LogP contribution in [0.25, 0.3) is 0 Å². The second kappa shape index (κ2) is 5.47. The highest BCUT2D eigenvalue weighted by Gasteiger charge is 2.17. The van der Waals surface area contributed by atoms with Crippen LogP contribution in [0.2, 0.25) is 0 Å². The summed E-state index contributed by atoms with van der Waals surface area (Å²) in [5, 5.41) is 0. The molecule has 0 saturated carbocycles. The van der Waals surface area contributed by atoms with Gasteiger partial charge in [-0.2, -0.15) is 0 Å². The van der Waals surface area contributed by atoms with Gasteiger partial charge in [-0.05, 0) is 28.9 Å². The topological polar surface area (TPSA) is 27.7 Å². The van der Waals surface area contributed by atoms with Crippen molar-refractivity contribution < 1.29 is 14.2 Å². The van der Waals surface area contributed by atoms with Gasteiger partial charge in [-0.15, -0.1) is 0 Å². The number of ether oxygens (including phenoxy) is 3. The highest BCUT2D eigenvalue weighted by Crippen LogP contribution is 2.42. The van der Waals surface area contributed by atoms with Crippen molar-refractivity contribution in [1.82, 2.24) is 0 Å². The summed E-state index contributed by atoms with van der Waals surface area (Å²) in [6.45, 7) is 1.71. The van der Waals surface area contributed by atoms with Crippen LogP contribution in [-0.4, -0.2) is 19.8 Å². The molecule has 1 aromatic rings. The average molecular weight is 295 g/mol. The summed E-state index contributed by atoms with van der Waals surface area (Å²) >= 11 is 9.07. The fourth-order valence-electron chi connectivity index (χ4n) is 1.08. The maximum Gasteiger partial charge on any atom is 0.206 e. The van der Waals surface area contributed by atoms with E-state index in [1.165, 1.54) is 0 Å². The molecule has 0 saturated heterocycles. The number of alkyl halides is 1. The van der Waals surface area contributed by atoms with Crippen LogP contribution < -0.4 is 14.2 Å². The van der Waals surface area contributed by atoms with E-state index in [0.717, 1.165) is 0 Å². The van der Waals surface area contributed by atoms with E-state index in [1.54, 1.807) is 27.2 Å². The molecule has 0 aliphatic carbocycles. The first-order valence-electron chi connectivity index (χ1n) is 4.23. The fourth-order valence-corrected chi connectivity index (χ4v) is 1.62. The largest absolute Gasteiger partial charge is 0.493 e. The molecule has 1 rings (SSSR count). The first-order chi connectivity index (χ1) is 7.10. The summed E-state index contributed by atoms with van der Waals surface area (Å²) in [6, 6.07) is 4.58. The van der Waals surface area contributed by atoms with Gasteiger partial charge in [0.2, 0.25) is 5.75 Å². The van der Waals surface area contributed by atoms with Crippen molar-refractivity contribution in [3.63, 3.8) is 0 Å². The lowest BCUT2D eigenvalue weighted by Gasteiger charge is -2.16. The average Bonchev–Trinajstić information content (AvgIpc) is 2.18. The van der Waals surface area contributed by atoms with E-state index >= 15 is 0 Å². The maximum atomic E-state index is 5.76. The monoisotopic (exact) mass is 293 g/mol. The van der Waals surface area contributed by atoms with Gasteiger partial charge in [-0.1, -0.05) is 11.6 Å². The van der Waals surface area contributed by atoms with E-state index in [4.69, 9.17) is 25.8 Å². The van der Waals surface area contributed by atoms with Crippen LogP contribution in [0.4, 0.5) is 0 Å². The normalized spacial score (nSPS) is 12.1. The lowest BCUT2D eigenvalue weighted by Crippen LogP contribution is -2.05. The van der Waals surface area contributed by atoms with Crippen LogP contribution in [0.15, 0.2) is 10.5 Å². The van der Waals surface area contributed by atoms with Crippen molar-refractivity contribution in [2.24, 2.45) is 0 Å². The van der Waals surface area contributed by atoms with Gasteiger partial charge in [0.15, 0.2) is 17.1 Å². The van der Waals surface area contributed by atoms with E-state index in [2.05, 4.69) is 22.0 Å². The molecule has 0 aliphatic heterocycles. The zero-order valence-electron chi connectivity index (χ0n) is 8.64. The summed E-state index contributed by atoms with van der Waals surface area (Å²) in [5.41, 5.74) is -0.470. The van der Waals surface area contributed by atoms with Gasteiger partial charge in [0.05, 0.1) is 18.7 Å². The van der Waals surface area contributed by atoms with E-state index in [1.807, 2.05) is 0 Å². The minimum atomic E-state index is -0.470. The summed E-state index contributed by atoms with van der Waals surface area (Å²) in [5.74, 6) is 1.51. The molecular weight excluding hydrogens is 283 g/mol. The van der Waals surface area contributed by atoms with Gasteiger partial charge < -0.3 is 14.2 Å². The van der Waals surface area contributed by atoms with Gasteiger partial charge in [-0.25, -0.2) is 0 Å². The molecule has 3 nitrogen and oxygen atoms in total. The molecule has 0 fully saturated rings. The molecule has 0 heterocycles. The predicted molar refractivity (Wildman–Crippen MR) is 62.0 cm³/mol. The summed E-state index contributed by atoms with van der Waals surface area (Å²) in [4.78, 5) is 0. The Hall–Kier alpha value is -0.610. The van der Waals surface area contributed by atoms with Crippen LogP contribution in [-0.2, 0) is 0 Å². The lowest BCUT2D eigenvalue weighted by molar-refractivity contribution is 0.262. The molecule has 0 bridgehead atoms. The van der Waals surface area contributed by atoms with Crippen LogP contribution in [0, 0.1) is 6.07 Å². The number of halogens is 2. The van der Waals surface area contributed by atoms with Crippen molar-refractivity contribution in [3.05, 3.63) is 16.6 Å². The number of rotatable bonds is 4. The highest BCUT2D eigenvalue weighted by molar-refractivity contribution is 9.10. The third-order valence-electron chi connectivity index (χ3n) is 1.66. The van der Waals surface area contributed by atoms with Crippen molar-refractivity contribution in [3.8, 4) is 17.2 Å². The van der Waals surface area contributed by atoms with Crippen LogP contribution in [0.3, 0.4) is 0 Å². The van der Waals surface area contributed by atoms with Crippen LogP contribution in [0.1, 0.15) is 6.92 Å². The van der Waals surface area contributed by atoms with Crippen molar-refractivity contribution in [2.45, 2.75) is 12.5 Å². The smallest absolute Gasteiger partial charge is 0.206 e. The molecule has 1 atom stereocenters. The predicted octanol–water partition coefficient (Wildman–Crippen LogP) is 3.23. The summed E-state index contributed by atoms with van der Waals surface area (Å²) < 4.78 is 16.4. The van der Waals surface area contributed by atoms with Gasteiger partial charge >= 0.3 is 0 Å². The Morgan fingerprint density at radius 3 is 2.47 bits per heavy atom. The third kappa shape index (κ3) is 2.92. The Morgan fingerprint density at radius 1 is 1.33 bits per heavy atom.